The summed E-state index contributed by atoms with van der Waals surface area (Å²) in [7, 11) is 0. The van der Waals surface area contributed by atoms with Gasteiger partial charge in [-0.3, -0.25) is 0 Å². The van der Waals surface area contributed by atoms with Crippen LogP contribution in [0.1, 0.15) is 37.3 Å². The predicted octanol–water partition coefficient (Wildman–Crippen LogP) is 4.36. The Morgan fingerprint density at radius 3 is 2.40 bits per heavy atom. The van der Waals surface area contributed by atoms with Crippen molar-refractivity contribution in [3.8, 4) is 0 Å². The lowest BCUT2D eigenvalue weighted by Crippen LogP contribution is -2.35. The van der Waals surface area contributed by atoms with Gasteiger partial charge in [-0.15, -0.1) is 11.3 Å². The Hall–Kier alpha value is -1.81. The fraction of sp³-hybridized carbons (Fsp3) is 0.312. The maximum Gasteiger partial charge on any atom is 0.408 e. The van der Waals surface area contributed by atoms with Crippen molar-refractivity contribution in [3.63, 3.8) is 0 Å². The molecule has 0 unspecified atom stereocenters. The molecule has 0 aliphatic heterocycles. The smallest absolute Gasteiger partial charge is 0.408 e. The van der Waals surface area contributed by atoms with Crippen LogP contribution in [0.15, 0.2) is 47.8 Å². The molecule has 0 fully saturated rings. The monoisotopic (exact) mass is 289 g/mol. The molecule has 1 aromatic carbocycles. The maximum atomic E-state index is 12.0. The van der Waals surface area contributed by atoms with Crippen molar-refractivity contribution in [1.82, 2.24) is 5.32 Å². The van der Waals surface area contributed by atoms with Gasteiger partial charge in [0.25, 0.3) is 0 Å². The quantitative estimate of drug-likeness (QED) is 0.911. The van der Waals surface area contributed by atoms with Gasteiger partial charge in [0.05, 0.1) is 6.04 Å². The predicted molar refractivity (Wildman–Crippen MR) is 82.0 cm³/mol. The first-order valence-electron chi connectivity index (χ1n) is 6.53. The summed E-state index contributed by atoms with van der Waals surface area (Å²) in [6.45, 7) is 5.57. The summed E-state index contributed by atoms with van der Waals surface area (Å²) in [5.41, 5.74) is 0.543. The zero-order valence-electron chi connectivity index (χ0n) is 11.9. The van der Waals surface area contributed by atoms with Gasteiger partial charge in [0, 0.05) is 4.88 Å². The second-order valence-corrected chi connectivity index (χ2v) is 6.48. The van der Waals surface area contributed by atoms with Gasteiger partial charge in [0.1, 0.15) is 5.60 Å². The number of thiophene rings is 1. The van der Waals surface area contributed by atoms with Gasteiger partial charge >= 0.3 is 6.09 Å². The minimum Gasteiger partial charge on any atom is -0.444 e. The molecular weight excluding hydrogens is 270 g/mol. The molecule has 2 aromatic rings. The van der Waals surface area contributed by atoms with Crippen LogP contribution in [0.2, 0.25) is 0 Å². The molecule has 20 heavy (non-hydrogen) atoms. The van der Waals surface area contributed by atoms with Gasteiger partial charge in [-0.05, 0) is 37.8 Å². The highest BCUT2D eigenvalue weighted by Crippen LogP contribution is 2.26. The summed E-state index contributed by atoms with van der Waals surface area (Å²) in [4.78, 5) is 13.1. The third-order valence-corrected chi connectivity index (χ3v) is 3.56. The number of rotatable bonds is 3. The molecule has 0 saturated carbocycles. The summed E-state index contributed by atoms with van der Waals surface area (Å²) in [6, 6.07) is 13.7. The van der Waals surface area contributed by atoms with Crippen molar-refractivity contribution < 1.29 is 9.53 Å². The van der Waals surface area contributed by atoms with E-state index in [0.29, 0.717) is 0 Å². The Kier molecular flexibility index (Phi) is 4.45. The highest BCUT2D eigenvalue weighted by Gasteiger charge is 2.22. The zero-order valence-corrected chi connectivity index (χ0v) is 12.7. The van der Waals surface area contributed by atoms with E-state index in [2.05, 4.69) is 5.32 Å². The molecule has 1 atom stereocenters. The molecule has 0 aliphatic rings. The van der Waals surface area contributed by atoms with E-state index in [1.54, 1.807) is 11.3 Å². The molecule has 1 heterocycles. The Bertz CT molecular complexity index is 544. The van der Waals surface area contributed by atoms with Crippen LogP contribution in [0, 0.1) is 0 Å². The molecule has 0 radical (unpaired) electrons. The van der Waals surface area contributed by atoms with E-state index < -0.39 is 11.7 Å². The number of nitrogens with one attached hydrogen (secondary N) is 1. The van der Waals surface area contributed by atoms with Gasteiger partial charge in [0.2, 0.25) is 0 Å². The minimum atomic E-state index is -0.499. The van der Waals surface area contributed by atoms with Crippen LogP contribution in [-0.2, 0) is 4.74 Å². The summed E-state index contributed by atoms with van der Waals surface area (Å²) in [6.07, 6.45) is -0.403. The first-order chi connectivity index (χ1) is 9.46. The zero-order chi connectivity index (χ0) is 14.6. The van der Waals surface area contributed by atoms with Gasteiger partial charge in [-0.2, -0.15) is 0 Å². The van der Waals surface area contributed by atoms with Crippen LogP contribution < -0.4 is 5.32 Å². The first-order valence-corrected chi connectivity index (χ1v) is 7.41. The van der Waals surface area contributed by atoms with E-state index in [9.17, 15) is 4.79 Å². The second-order valence-electron chi connectivity index (χ2n) is 5.51. The topological polar surface area (TPSA) is 38.3 Å². The van der Waals surface area contributed by atoms with Gasteiger partial charge in [-0.1, -0.05) is 36.4 Å². The molecule has 0 bridgehead atoms. The molecular formula is C16H19NO2S. The van der Waals surface area contributed by atoms with Crippen LogP contribution in [0.25, 0.3) is 0 Å². The summed E-state index contributed by atoms with van der Waals surface area (Å²) in [5.74, 6) is 0. The Balaban J connectivity index is 2.19. The van der Waals surface area contributed by atoms with E-state index in [1.165, 1.54) is 0 Å². The van der Waals surface area contributed by atoms with Crippen molar-refractivity contribution in [1.29, 1.82) is 0 Å². The summed E-state index contributed by atoms with van der Waals surface area (Å²) >= 11 is 1.62. The van der Waals surface area contributed by atoms with Crippen molar-refractivity contribution in [2.75, 3.05) is 0 Å². The van der Waals surface area contributed by atoms with Gasteiger partial charge in [-0.25, -0.2) is 4.79 Å². The van der Waals surface area contributed by atoms with Crippen LogP contribution in [0.3, 0.4) is 0 Å². The normalized spacial score (nSPS) is 12.8. The highest BCUT2D eigenvalue weighted by atomic mass is 32.1. The van der Waals surface area contributed by atoms with Crippen molar-refractivity contribution in [2.24, 2.45) is 0 Å². The molecule has 1 N–H and O–H groups in total. The summed E-state index contributed by atoms with van der Waals surface area (Å²) in [5, 5.41) is 4.94. The molecule has 1 aromatic heterocycles. The molecule has 1 amide bonds. The number of amides is 1. The average Bonchev–Trinajstić information content (AvgIpc) is 2.88. The molecule has 0 aliphatic carbocycles. The Morgan fingerprint density at radius 1 is 1.15 bits per heavy atom. The molecule has 106 valence electrons. The molecule has 4 heteroatoms. The van der Waals surface area contributed by atoms with Crippen molar-refractivity contribution >= 4 is 17.4 Å². The maximum absolute atomic E-state index is 12.0. The second kappa shape index (κ2) is 6.09. The van der Waals surface area contributed by atoms with Crippen LogP contribution >= 0.6 is 11.3 Å². The number of ether oxygens (including phenoxy) is 1. The Morgan fingerprint density at radius 2 is 1.85 bits per heavy atom. The lowest BCUT2D eigenvalue weighted by molar-refractivity contribution is 0.0513. The Labute approximate surface area is 123 Å². The van der Waals surface area contributed by atoms with Crippen molar-refractivity contribution in [2.45, 2.75) is 32.4 Å². The minimum absolute atomic E-state index is 0.175. The lowest BCUT2D eigenvalue weighted by Gasteiger charge is -2.23. The van der Waals surface area contributed by atoms with E-state index in [1.807, 2.05) is 68.6 Å². The number of alkyl carbamates (subject to hydrolysis) is 1. The van der Waals surface area contributed by atoms with E-state index in [-0.39, 0.29) is 6.04 Å². The average molecular weight is 289 g/mol. The third kappa shape index (κ3) is 4.10. The first kappa shape index (κ1) is 14.6. The van der Waals surface area contributed by atoms with Gasteiger partial charge in [0.15, 0.2) is 0 Å². The van der Waals surface area contributed by atoms with Crippen molar-refractivity contribution in [3.05, 3.63) is 58.3 Å². The van der Waals surface area contributed by atoms with E-state index >= 15 is 0 Å². The van der Waals surface area contributed by atoms with E-state index in [4.69, 9.17) is 4.74 Å². The fourth-order valence-corrected chi connectivity index (χ4v) is 2.65. The fourth-order valence-electron chi connectivity index (χ4n) is 1.85. The highest BCUT2D eigenvalue weighted by molar-refractivity contribution is 7.10. The third-order valence-electron chi connectivity index (χ3n) is 2.62. The summed E-state index contributed by atoms with van der Waals surface area (Å²) < 4.78 is 5.34. The number of carbonyl (C=O) groups is 1. The molecule has 0 spiro atoms. The van der Waals surface area contributed by atoms with E-state index in [0.717, 1.165) is 10.4 Å². The number of hydrogen-bond donors (Lipinski definition) is 1. The molecule has 3 nitrogen and oxygen atoms in total. The number of benzene rings is 1. The standard InChI is InChI=1S/C16H19NO2S/c1-16(2,3)19-15(18)17-14(13-10-7-11-20-13)12-8-5-4-6-9-12/h4-11,14H,1-3H3,(H,17,18)/t14-/m0/s1. The van der Waals surface area contributed by atoms with Gasteiger partial charge < -0.3 is 10.1 Å². The number of hydrogen-bond acceptors (Lipinski definition) is 3. The SMILES string of the molecule is CC(C)(C)OC(=O)N[C@@H](c1ccccc1)c1cccs1. The number of carbonyl (C=O) groups excluding carboxylic acids is 1. The molecule has 0 saturated heterocycles. The van der Waals surface area contributed by atoms with Crippen LogP contribution in [-0.4, -0.2) is 11.7 Å². The lowest BCUT2D eigenvalue weighted by atomic mass is 10.1. The molecule has 2 rings (SSSR count). The van der Waals surface area contributed by atoms with Crippen LogP contribution in [0.4, 0.5) is 4.79 Å². The van der Waals surface area contributed by atoms with Crippen LogP contribution in [0.5, 0.6) is 0 Å². The largest absolute Gasteiger partial charge is 0.444 e.